The maximum absolute atomic E-state index is 11.3. The second-order valence-electron chi connectivity index (χ2n) is 4.26. The smallest absolute Gasteiger partial charge is 0.273 e. The summed E-state index contributed by atoms with van der Waals surface area (Å²) in [5.74, 6) is 0.322. The van der Waals surface area contributed by atoms with Crippen molar-refractivity contribution < 1.29 is 9.59 Å². The zero-order chi connectivity index (χ0) is 12.5. The highest BCUT2D eigenvalue weighted by atomic mass is 79.9. The first-order valence-electron chi connectivity index (χ1n) is 6.29. The fourth-order valence-electron chi connectivity index (χ4n) is 1.85. The summed E-state index contributed by atoms with van der Waals surface area (Å²) in [5, 5.41) is 1.04. The summed E-state index contributed by atoms with van der Waals surface area (Å²) >= 11 is 4.54. The molecule has 0 unspecified atom stereocenters. The van der Waals surface area contributed by atoms with Crippen LogP contribution in [-0.4, -0.2) is 33.7 Å². The molecule has 17 heavy (non-hydrogen) atoms. The molecule has 2 amide bonds. The SMILES string of the molecule is O=C1CSC(=O)N1CCCCCCCCCBr. The van der Waals surface area contributed by atoms with Crippen LogP contribution in [0.3, 0.4) is 0 Å². The number of imide groups is 1. The largest absolute Gasteiger partial charge is 0.288 e. The molecule has 1 fully saturated rings. The van der Waals surface area contributed by atoms with E-state index in [1.165, 1.54) is 37.0 Å². The van der Waals surface area contributed by atoms with E-state index < -0.39 is 0 Å². The van der Waals surface area contributed by atoms with E-state index in [1.54, 1.807) is 0 Å². The van der Waals surface area contributed by atoms with Crippen LogP contribution in [0.15, 0.2) is 0 Å². The predicted octanol–water partition coefficient (Wildman–Crippen LogP) is 3.81. The Morgan fingerprint density at radius 1 is 1.00 bits per heavy atom. The average Bonchev–Trinajstić information content (AvgIpc) is 2.63. The monoisotopic (exact) mass is 321 g/mol. The topological polar surface area (TPSA) is 37.4 Å². The molecule has 0 N–H and O–H groups in total. The van der Waals surface area contributed by atoms with Crippen molar-refractivity contribution in [1.82, 2.24) is 4.90 Å². The number of halogens is 1. The molecule has 0 spiro atoms. The molecule has 98 valence electrons. The molecule has 0 radical (unpaired) electrons. The lowest BCUT2D eigenvalue weighted by atomic mass is 10.1. The van der Waals surface area contributed by atoms with E-state index in [0.717, 1.165) is 29.9 Å². The molecule has 0 atom stereocenters. The number of nitrogens with zero attached hydrogens (tertiary/aromatic N) is 1. The van der Waals surface area contributed by atoms with Crippen LogP contribution in [0.2, 0.25) is 0 Å². The van der Waals surface area contributed by atoms with Crippen LogP contribution in [0.4, 0.5) is 4.79 Å². The molecule has 1 heterocycles. The van der Waals surface area contributed by atoms with Crippen molar-refractivity contribution in [1.29, 1.82) is 0 Å². The zero-order valence-corrected chi connectivity index (χ0v) is 12.5. The Hall–Kier alpha value is -0.0300. The van der Waals surface area contributed by atoms with E-state index in [1.807, 2.05) is 0 Å². The molecule has 3 nitrogen and oxygen atoms in total. The van der Waals surface area contributed by atoms with Crippen molar-refractivity contribution in [3.63, 3.8) is 0 Å². The van der Waals surface area contributed by atoms with Gasteiger partial charge in [-0.2, -0.15) is 0 Å². The van der Waals surface area contributed by atoms with Gasteiger partial charge in [0, 0.05) is 11.9 Å². The molecule has 1 aliphatic rings. The van der Waals surface area contributed by atoms with Crippen molar-refractivity contribution in [3.8, 4) is 0 Å². The van der Waals surface area contributed by atoms with Crippen molar-refractivity contribution in [2.24, 2.45) is 0 Å². The fourth-order valence-corrected chi connectivity index (χ4v) is 2.99. The molecular weight excluding hydrogens is 302 g/mol. The van der Waals surface area contributed by atoms with Gasteiger partial charge in [-0.3, -0.25) is 14.5 Å². The quantitative estimate of drug-likeness (QED) is 0.478. The van der Waals surface area contributed by atoms with E-state index in [2.05, 4.69) is 15.9 Å². The standard InChI is InChI=1S/C12H20BrNO2S/c13-8-6-4-2-1-3-5-7-9-14-11(15)10-17-12(14)16/h1-10H2. The Morgan fingerprint density at radius 2 is 1.59 bits per heavy atom. The fraction of sp³-hybridized carbons (Fsp3) is 0.833. The lowest BCUT2D eigenvalue weighted by Crippen LogP contribution is -2.29. The minimum atomic E-state index is -0.0627. The minimum absolute atomic E-state index is 0.0164. The zero-order valence-electron chi connectivity index (χ0n) is 10.1. The van der Waals surface area contributed by atoms with Crippen LogP contribution in [0.5, 0.6) is 0 Å². The molecule has 0 saturated carbocycles. The van der Waals surface area contributed by atoms with Gasteiger partial charge < -0.3 is 0 Å². The maximum Gasteiger partial charge on any atom is 0.288 e. The Kier molecular flexibility index (Phi) is 7.93. The molecule has 0 aromatic carbocycles. The van der Waals surface area contributed by atoms with Gasteiger partial charge in [0.25, 0.3) is 5.24 Å². The molecular formula is C12H20BrNO2S. The number of alkyl halides is 1. The molecule has 0 aliphatic carbocycles. The second kappa shape index (κ2) is 8.97. The summed E-state index contributed by atoms with van der Waals surface area (Å²) in [5.41, 5.74) is 0. The Morgan fingerprint density at radius 3 is 2.12 bits per heavy atom. The molecule has 0 aromatic heterocycles. The van der Waals surface area contributed by atoms with Gasteiger partial charge in [0.15, 0.2) is 0 Å². The number of hydrogen-bond donors (Lipinski definition) is 0. The Balaban J connectivity index is 1.93. The van der Waals surface area contributed by atoms with Crippen molar-refractivity contribution in [2.45, 2.75) is 44.9 Å². The van der Waals surface area contributed by atoms with Crippen LogP contribution >= 0.6 is 27.7 Å². The predicted molar refractivity (Wildman–Crippen MR) is 75.7 cm³/mol. The van der Waals surface area contributed by atoms with Crippen LogP contribution in [-0.2, 0) is 4.79 Å². The van der Waals surface area contributed by atoms with Crippen LogP contribution in [0, 0.1) is 0 Å². The van der Waals surface area contributed by atoms with E-state index >= 15 is 0 Å². The number of thioether (sulfide) groups is 1. The van der Waals surface area contributed by atoms with Gasteiger partial charge in [-0.1, -0.05) is 59.8 Å². The average molecular weight is 322 g/mol. The van der Waals surface area contributed by atoms with Gasteiger partial charge in [-0.25, -0.2) is 0 Å². The molecule has 1 aliphatic heterocycles. The van der Waals surface area contributed by atoms with Crippen molar-refractivity contribution >= 4 is 38.8 Å². The Bertz CT molecular complexity index is 245. The maximum atomic E-state index is 11.3. The molecule has 5 heteroatoms. The van der Waals surface area contributed by atoms with E-state index in [9.17, 15) is 9.59 Å². The molecule has 0 aromatic rings. The van der Waals surface area contributed by atoms with Gasteiger partial charge in [0.05, 0.1) is 5.75 Å². The van der Waals surface area contributed by atoms with Gasteiger partial charge >= 0.3 is 0 Å². The summed E-state index contributed by atoms with van der Waals surface area (Å²) in [6.45, 7) is 0.617. The van der Waals surface area contributed by atoms with Crippen molar-refractivity contribution in [3.05, 3.63) is 0 Å². The highest BCUT2D eigenvalue weighted by molar-refractivity contribution is 9.09. The first-order valence-corrected chi connectivity index (χ1v) is 8.39. The third kappa shape index (κ3) is 5.91. The van der Waals surface area contributed by atoms with Crippen LogP contribution < -0.4 is 0 Å². The number of carbonyl (C=O) groups is 2. The van der Waals surface area contributed by atoms with E-state index in [-0.39, 0.29) is 11.1 Å². The highest BCUT2D eigenvalue weighted by Crippen LogP contribution is 2.19. The summed E-state index contributed by atoms with van der Waals surface area (Å²) in [6.07, 6.45) is 8.41. The molecule has 1 saturated heterocycles. The number of unbranched alkanes of at least 4 members (excludes halogenated alkanes) is 6. The van der Waals surface area contributed by atoms with E-state index in [0.29, 0.717) is 12.3 Å². The van der Waals surface area contributed by atoms with Gasteiger partial charge in [0.2, 0.25) is 5.91 Å². The van der Waals surface area contributed by atoms with Crippen LogP contribution in [0.1, 0.15) is 44.9 Å². The lowest BCUT2D eigenvalue weighted by Gasteiger charge is -2.11. The molecule has 0 bridgehead atoms. The van der Waals surface area contributed by atoms with Gasteiger partial charge in [-0.05, 0) is 12.8 Å². The summed E-state index contributed by atoms with van der Waals surface area (Å²) in [6, 6.07) is 0. The number of carbonyl (C=O) groups excluding carboxylic acids is 2. The number of rotatable bonds is 9. The normalized spacial score (nSPS) is 15.9. The first-order chi connectivity index (χ1) is 8.25. The third-order valence-electron chi connectivity index (χ3n) is 2.86. The second-order valence-corrected chi connectivity index (χ2v) is 5.98. The Labute approximate surface area is 116 Å². The minimum Gasteiger partial charge on any atom is -0.273 e. The molecule has 1 rings (SSSR count). The number of amides is 2. The highest BCUT2D eigenvalue weighted by Gasteiger charge is 2.28. The summed E-state index contributed by atoms with van der Waals surface area (Å²) < 4.78 is 0. The van der Waals surface area contributed by atoms with Crippen molar-refractivity contribution in [2.75, 3.05) is 17.6 Å². The van der Waals surface area contributed by atoms with Gasteiger partial charge in [-0.15, -0.1) is 0 Å². The third-order valence-corrected chi connectivity index (χ3v) is 4.28. The van der Waals surface area contributed by atoms with Gasteiger partial charge in [0.1, 0.15) is 0 Å². The van der Waals surface area contributed by atoms with E-state index in [4.69, 9.17) is 0 Å². The first kappa shape index (κ1) is 15.0. The summed E-state index contributed by atoms with van der Waals surface area (Å²) in [4.78, 5) is 24.0. The summed E-state index contributed by atoms with van der Waals surface area (Å²) in [7, 11) is 0. The number of hydrogen-bond acceptors (Lipinski definition) is 3. The van der Waals surface area contributed by atoms with Crippen LogP contribution in [0.25, 0.3) is 0 Å². The lowest BCUT2D eigenvalue weighted by molar-refractivity contribution is -0.124.